The van der Waals surface area contributed by atoms with Crippen molar-refractivity contribution in [2.45, 2.75) is 33.2 Å². The zero-order valence-electron chi connectivity index (χ0n) is 14.4. The summed E-state index contributed by atoms with van der Waals surface area (Å²) < 4.78 is 6.45. The molecule has 2 amide bonds. The molecule has 134 valence electrons. The number of anilines is 1. The molecule has 25 heavy (non-hydrogen) atoms. The highest BCUT2D eigenvalue weighted by molar-refractivity contribution is 9.11. The molecule has 0 aliphatic rings. The van der Waals surface area contributed by atoms with Crippen LogP contribution in [0.3, 0.4) is 0 Å². The number of thiophene rings is 1. The maximum Gasteiger partial charge on any atom is 0.262 e. The molecule has 0 spiro atoms. The van der Waals surface area contributed by atoms with Crippen LogP contribution >= 0.6 is 27.3 Å². The lowest BCUT2D eigenvalue weighted by Gasteiger charge is -2.15. The van der Waals surface area contributed by atoms with Crippen molar-refractivity contribution in [3.05, 3.63) is 44.6 Å². The van der Waals surface area contributed by atoms with Gasteiger partial charge in [0, 0.05) is 5.69 Å². The summed E-state index contributed by atoms with van der Waals surface area (Å²) in [5, 5.41) is 5.54. The van der Waals surface area contributed by atoms with E-state index in [9.17, 15) is 9.59 Å². The van der Waals surface area contributed by atoms with Crippen molar-refractivity contribution >= 4 is 44.8 Å². The van der Waals surface area contributed by atoms with Crippen LogP contribution in [0.2, 0.25) is 0 Å². The lowest BCUT2D eigenvalue weighted by atomic mass is 10.1. The maximum atomic E-state index is 12.3. The second kappa shape index (κ2) is 9.01. The van der Waals surface area contributed by atoms with E-state index in [0.29, 0.717) is 17.2 Å². The molecule has 1 aromatic carbocycles. The van der Waals surface area contributed by atoms with Crippen molar-refractivity contribution in [1.29, 1.82) is 0 Å². The van der Waals surface area contributed by atoms with Gasteiger partial charge in [-0.1, -0.05) is 6.92 Å². The number of aryl methyl sites for hydroxylation is 1. The highest BCUT2D eigenvalue weighted by atomic mass is 79.9. The number of amides is 2. The number of ether oxygens (including phenoxy) is 1. The molecule has 1 unspecified atom stereocenters. The molecule has 2 aromatic rings. The zero-order chi connectivity index (χ0) is 18.4. The molecule has 0 bridgehead atoms. The van der Waals surface area contributed by atoms with Gasteiger partial charge in [-0.15, -0.1) is 11.3 Å². The monoisotopic (exact) mass is 424 g/mol. The standard InChI is InChI=1S/C18H21BrN2O3S/c1-4-9-24-13-5-6-14(11(2)10-13)21-17(22)12(3)20-18(23)15-7-8-16(19)25-15/h5-8,10,12H,4,9H2,1-3H3,(H,20,23)(H,21,22). The molecular weight excluding hydrogens is 404 g/mol. The normalized spacial score (nSPS) is 11.7. The highest BCUT2D eigenvalue weighted by Crippen LogP contribution is 2.23. The van der Waals surface area contributed by atoms with Crippen LogP contribution in [0.4, 0.5) is 5.69 Å². The van der Waals surface area contributed by atoms with Gasteiger partial charge in [0.05, 0.1) is 15.3 Å². The minimum absolute atomic E-state index is 0.265. The van der Waals surface area contributed by atoms with Gasteiger partial charge in [-0.3, -0.25) is 9.59 Å². The van der Waals surface area contributed by atoms with Crippen LogP contribution in [0.15, 0.2) is 34.1 Å². The van der Waals surface area contributed by atoms with Gasteiger partial charge in [-0.05, 0) is 72.1 Å². The second-order valence-electron chi connectivity index (χ2n) is 5.61. The van der Waals surface area contributed by atoms with E-state index >= 15 is 0 Å². The van der Waals surface area contributed by atoms with Gasteiger partial charge < -0.3 is 15.4 Å². The summed E-state index contributed by atoms with van der Waals surface area (Å²) in [5.74, 6) is 0.245. The largest absolute Gasteiger partial charge is 0.494 e. The van der Waals surface area contributed by atoms with E-state index in [1.165, 1.54) is 11.3 Å². The number of carbonyl (C=O) groups is 2. The van der Waals surface area contributed by atoms with Gasteiger partial charge in [0.15, 0.2) is 0 Å². The lowest BCUT2D eigenvalue weighted by Crippen LogP contribution is -2.41. The van der Waals surface area contributed by atoms with Crippen LogP contribution in [-0.4, -0.2) is 24.5 Å². The van der Waals surface area contributed by atoms with Crippen molar-refractivity contribution in [1.82, 2.24) is 5.32 Å². The van der Waals surface area contributed by atoms with Crippen LogP contribution in [0.25, 0.3) is 0 Å². The summed E-state index contributed by atoms with van der Waals surface area (Å²) in [6.07, 6.45) is 0.940. The molecule has 0 saturated heterocycles. The third kappa shape index (κ3) is 5.57. The van der Waals surface area contributed by atoms with E-state index in [2.05, 4.69) is 26.6 Å². The quantitative estimate of drug-likeness (QED) is 0.693. The van der Waals surface area contributed by atoms with Gasteiger partial charge in [0.25, 0.3) is 5.91 Å². The Hall–Kier alpha value is -1.86. The van der Waals surface area contributed by atoms with Crippen LogP contribution in [0, 0.1) is 6.92 Å². The SMILES string of the molecule is CCCOc1ccc(NC(=O)C(C)NC(=O)c2ccc(Br)s2)c(C)c1. The van der Waals surface area contributed by atoms with Crippen molar-refractivity contribution in [2.24, 2.45) is 0 Å². The number of halogens is 1. The Labute approximate surface area is 159 Å². The topological polar surface area (TPSA) is 67.4 Å². The van der Waals surface area contributed by atoms with E-state index in [4.69, 9.17) is 4.74 Å². The summed E-state index contributed by atoms with van der Waals surface area (Å²) in [5.41, 5.74) is 1.61. The highest BCUT2D eigenvalue weighted by Gasteiger charge is 2.18. The van der Waals surface area contributed by atoms with Gasteiger partial charge in [0.1, 0.15) is 11.8 Å². The third-order valence-corrected chi connectivity index (χ3v) is 5.09. The Bertz CT molecular complexity index is 761. The number of hydrogen-bond donors (Lipinski definition) is 2. The molecule has 0 saturated carbocycles. The smallest absolute Gasteiger partial charge is 0.262 e. The molecule has 0 aliphatic heterocycles. The average Bonchev–Trinajstić information content (AvgIpc) is 3.01. The van der Waals surface area contributed by atoms with Crippen LogP contribution in [-0.2, 0) is 4.79 Å². The number of hydrogen-bond acceptors (Lipinski definition) is 4. The summed E-state index contributed by atoms with van der Waals surface area (Å²) in [6.45, 7) is 6.27. The van der Waals surface area contributed by atoms with Crippen LogP contribution < -0.4 is 15.4 Å². The number of benzene rings is 1. The van der Waals surface area contributed by atoms with Crippen molar-refractivity contribution in [2.75, 3.05) is 11.9 Å². The first-order chi connectivity index (χ1) is 11.9. The van der Waals surface area contributed by atoms with Crippen LogP contribution in [0.1, 0.15) is 35.5 Å². The average molecular weight is 425 g/mol. The van der Waals surface area contributed by atoms with E-state index in [1.807, 2.05) is 32.0 Å². The molecule has 2 N–H and O–H groups in total. The minimum Gasteiger partial charge on any atom is -0.494 e. The fourth-order valence-electron chi connectivity index (χ4n) is 2.10. The van der Waals surface area contributed by atoms with Gasteiger partial charge in [-0.2, -0.15) is 0 Å². The van der Waals surface area contributed by atoms with E-state index in [0.717, 1.165) is 21.5 Å². The van der Waals surface area contributed by atoms with Gasteiger partial charge in [-0.25, -0.2) is 0 Å². The first-order valence-corrected chi connectivity index (χ1v) is 9.62. The molecule has 2 rings (SSSR count). The second-order valence-corrected chi connectivity index (χ2v) is 8.08. The molecular formula is C18H21BrN2O3S. The number of carbonyl (C=O) groups excluding carboxylic acids is 2. The summed E-state index contributed by atoms with van der Waals surface area (Å²) in [7, 11) is 0. The Morgan fingerprint density at radius 1 is 1.28 bits per heavy atom. The molecule has 1 aromatic heterocycles. The Morgan fingerprint density at radius 3 is 2.64 bits per heavy atom. The molecule has 1 heterocycles. The van der Waals surface area contributed by atoms with Crippen molar-refractivity contribution in [3.8, 4) is 5.75 Å². The van der Waals surface area contributed by atoms with Crippen LogP contribution in [0.5, 0.6) is 5.75 Å². The molecule has 1 atom stereocenters. The fourth-order valence-corrected chi connectivity index (χ4v) is 3.39. The van der Waals surface area contributed by atoms with Gasteiger partial charge >= 0.3 is 0 Å². The first-order valence-electron chi connectivity index (χ1n) is 8.01. The molecule has 0 radical (unpaired) electrons. The van der Waals surface area contributed by atoms with Crippen molar-refractivity contribution in [3.63, 3.8) is 0 Å². The molecule has 0 fully saturated rings. The zero-order valence-corrected chi connectivity index (χ0v) is 16.8. The number of rotatable bonds is 7. The van der Waals surface area contributed by atoms with Gasteiger partial charge in [0.2, 0.25) is 5.91 Å². The maximum absolute atomic E-state index is 12.3. The molecule has 7 heteroatoms. The van der Waals surface area contributed by atoms with E-state index in [-0.39, 0.29) is 11.8 Å². The molecule has 0 aliphatic carbocycles. The third-order valence-electron chi connectivity index (χ3n) is 3.47. The first kappa shape index (κ1) is 19.5. The van der Waals surface area contributed by atoms with Crippen molar-refractivity contribution < 1.29 is 14.3 Å². The Morgan fingerprint density at radius 2 is 2.04 bits per heavy atom. The molecule has 5 nitrogen and oxygen atoms in total. The van der Waals surface area contributed by atoms with E-state index in [1.54, 1.807) is 19.1 Å². The predicted octanol–water partition coefficient (Wildman–Crippen LogP) is 4.36. The summed E-state index contributed by atoms with van der Waals surface area (Å²) >= 11 is 4.64. The number of nitrogens with one attached hydrogen (secondary N) is 2. The Kier molecular flexibility index (Phi) is 7.01. The Balaban J connectivity index is 1.95. The fraction of sp³-hybridized carbons (Fsp3) is 0.333. The predicted molar refractivity (Wildman–Crippen MR) is 105 cm³/mol. The summed E-state index contributed by atoms with van der Waals surface area (Å²) in [6, 6.07) is 8.39. The minimum atomic E-state index is -0.649. The lowest BCUT2D eigenvalue weighted by molar-refractivity contribution is -0.117. The van der Waals surface area contributed by atoms with E-state index < -0.39 is 6.04 Å². The summed E-state index contributed by atoms with van der Waals surface area (Å²) in [4.78, 5) is 25.0.